The third kappa shape index (κ3) is 1.96. The van der Waals surface area contributed by atoms with E-state index in [0.29, 0.717) is 0 Å². The minimum absolute atomic E-state index is 2.38. The predicted molar refractivity (Wildman–Crippen MR) is 14.1 cm³/mol. The monoisotopic (exact) mass is 90.0 g/mol. The summed E-state index contributed by atoms with van der Waals surface area (Å²) in [6.45, 7) is 3.21. The van der Waals surface area contributed by atoms with Crippen molar-refractivity contribution in [2.45, 2.75) is 0 Å². The van der Waals surface area contributed by atoms with Crippen LogP contribution in [0, 0.1) is 0 Å². The molecule has 0 aliphatic carbocycles. The molecule has 0 aliphatic rings. The number of hydrogen-bond donors (Lipinski definition) is 0. The normalized spacial score (nSPS) is 3.00. The van der Waals surface area contributed by atoms with Crippen molar-refractivity contribution in [3.8, 4) is 0 Å². The van der Waals surface area contributed by atoms with Crippen molar-refractivity contribution in [1.29, 1.82) is 0 Å². The van der Waals surface area contributed by atoms with Gasteiger partial charge < -0.3 is 0 Å². The van der Waals surface area contributed by atoms with Gasteiger partial charge in [0.1, 0.15) is 0 Å². The maximum absolute atomic E-state index is 3.21. The molecule has 0 spiro atoms. The van der Waals surface area contributed by atoms with Crippen LogP contribution < -0.4 is 0 Å². The first-order valence-corrected chi connectivity index (χ1v) is 1.45. The topological polar surface area (TPSA) is 0 Å². The standard InChI is InChI=1S/C3H2.Cr/c1-3-2;/h1H2;. The first kappa shape index (κ1) is 3.96. The van der Waals surface area contributed by atoms with Crippen molar-refractivity contribution in [2.24, 2.45) is 0 Å². The van der Waals surface area contributed by atoms with Gasteiger partial charge in [0.15, 0.2) is 0 Å². The summed E-state index contributed by atoms with van der Waals surface area (Å²) in [5.74, 6) is 0. The van der Waals surface area contributed by atoms with Gasteiger partial charge >= 0.3 is 32.7 Å². The van der Waals surface area contributed by atoms with Gasteiger partial charge in [-0.3, -0.25) is 0 Å². The summed E-state index contributed by atoms with van der Waals surface area (Å²) < 4.78 is 2.44. The van der Waals surface area contributed by atoms with Crippen LogP contribution in [0.2, 0.25) is 0 Å². The van der Waals surface area contributed by atoms with Crippen molar-refractivity contribution in [1.82, 2.24) is 0 Å². The summed E-state index contributed by atoms with van der Waals surface area (Å²) in [5.41, 5.74) is 2.38. The zero-order chi connectivity index (χ0) is 3.41. The summed E-state index contributed by atoms with van der Waals surface area (Å²) in [7, 11) is 0. The Morgan fingerprint density at radius 2 is 2.00 bits per heavy atom. The first-order valence-electron chi connectivity index (χ1n) is 0.808. The Morgan fingerprint density at radius 3 is 2.00 bits per heavy atom. The molecule has 0 unspecified atom stereocenters. The number of rotatable bonds is 0. The van der Waals surface area contributed by atoms with Gasteiger partial charge in [-0.15, -0.1) is 0 Å². The number of hydrogen-bond acceptors (Lipinski definition) is 0. The molecule has 0 radical (unpaired) electrons. The fourth-order valence-corrected chi connectivity index (χ4v) is 0. The van der Waals surface area contributed by atoms with E-state index in [9.17, 15) is 0 Å². The quantitative estimate of drug-likeness (QED) is 0.375. The van der Waals surface area contributed by atoms with E-state index in [1.807, 2.05) is 0 Å². The molecular formula is C3H2Cr. The van der Waals surface area contributed by atoms with E-state index in [-0.39, 0.29) is 0 Å². The molecule has 0 atom stereocenters. The summed E-state index contributed by atoms with van der Waals surface area (Å²) in [4.78, 5) is 0. The van der Waals surface area contributed by atoms with Crippen LogP contribution >= 0.6 is 0 Å². The third-order valence-electron chi connectivity index (χ3n) is 0.0722. The molecule has 1 heteroatoms. The van der Waals surface area contributed by atoms with Crippen LogP contribution in [-0.2, 0) is 15.9 Å². The molecule has 0 aromatic heterocycles. The zero-order valence-corrected chi connectivity index (χ0v) is 3.39. The summed E-state index contributed by atoms with van der Waals surface area (Å²) >= 11 is 2.47. The Labute approximate surface area is 33.4 Å². The molecule has 0 aliphatic heterocycles. The fourth-order valence-electron chi connectivity index (χ4n) is 0. The fraction of sp³-hybridized carbons (Fsp3) is 0. The predicted octanol–water partition coefficient (Wildman–Crippen LogP) is 0.275. The van der Waals surface area contributed by atoms with Crippen molar-refractivity contribution >= 4 is 4.54 Å². The zero-order valence-electron chi connectivity index (χ0n) is 2.12. The molecule has 4 heavy (non-hydrogen) atoms. The SMILES string of the molecule is C=C=[C]=[Cr]. The first-order chi connectivity index (χ1) is 1.91. The minimum atomic E-state index is 2.38. The molecule has 0 saturated carbocycles. The van der Waals surface area contributed by atoms with Gasteiger partial charge in [0.05, 0.1) is 0 Å². The summed E-state index contributed by atoms with van der Waals surface area (Å²) in [6, 6.07) is 0. The van der Waals surface area contributed by atoms with E-state index >= 15 is 0 Å². The van der Waals surface area contributed by atoms with E-state index in [0.717, 1.165) is 0 Å². The van der Waals surface area contributed by atoms with Gasteiger partial charge in [0.25, 0.3) is 0 Å². The Morgan fingerprint density at radius 1 is 1.75 bits per heavy atom. The molecule has 20 valence electrons. The van der Waals surface area contributed by atoms with E-state index in [4.69, 9.17) is 0 Å². The van der Waals surface area contributed by atoms with Crippen LogP contribution in [-0.4, -0.2) is 4.54 Å². The van der Waals surface area contributed by atoms with Crippen LogP contribution in [0.3, 0.4) is 0 Å². The Balaban J connectivity index is 3.95. The van der Waals surface area contributed by atoms with Gasteiger partial charge in [-0.2, -0.15) is 0 Å². The molecule has 0 aromatic carbocycles. The van der Waals surface area contributed by atoms with E-state index in [1.165, 1.54) is 0 Å². The average Bonchev–Trinajstić information content (AvgIpc) is 1.37. The molecule has 0 nitrogen and oxygen atoms in total. The van der Waals surface area contributed by atoms with Crippen LogP contribution in [0.5, 0.6) is 0 Å². The van der Waals surface area contributed by atoms with E-state index < -0.39 is 0 Å². The Hall–Kier alpha value is -0.0375. The van der Waals surface area contributed by atoms with Gasteiger partial charge in [0.2, 0.25) is 0 Å². The van der Waals surface area contributed by atoms with Crippen LogP contribution in [0.4, 0.5) is 0 Å². The van der Waals surface area contributed by atoms with Gasteiger partial charge in [-0.25, -0.2) is 0 Å². The average molecular weight is 90.0 g/mol. The Bertz CT molecular complexity index is 53.4. The van der Waals surface area contributed by atoms with Crippen molar-refractivity contribution in [2.75, 3.05) is 0 Å². The molecule has 0 aromatic rings. The molecule has 0 bridgehead atoms. The molecule has 0 saturated heterocycles. The van der Waals surface area contributed by atoms with Gasteiger partial charge in [-0.1, -0.05) is 0 Å². The van der Waals surface area contributed by atoms with E-state index in [2.05, 4.69) is 32.7 Å². The molecular weight excluding hydrogens is 88.0 g/mol. The molecule has 0 heterocycles. The molecule has 0 fully saturated rings. The Kier molecular flexibility index (Phi) is 2.93. The summed E-state index contributed by atoms with van der Waals surface area (Å²) in [6.07, 6.45) is 0. The second-order valence-corrected chi connectivity index (χ2v) is 0.598. The van der Waals surface area contributed by atoms with Crippen LogP contribution in [0.25, 0.3) is 0 Å². The molecule has 0 rings (SSSR count). The van der Waals surface area contributed by atoms with E-state index in [1.54, 1.807) is 0 Å². The molecule has 0 N–H and O–H groups in total. The summed E-state index contributed by atoms with van der Waals surface area (Å²) in [5, 5.41) is 0. The van der Waals surface area contributed by atoms with Crippen molar-refractivity contribution in [3.05, 3.63) is 12.3 Å². The van der Waals surface area contributed by atoms with Crippen LogP contribution in [0.1, 0.15) is 0 Å². The van der Waals surface area contributed by atoms with Gasteiger partial charge in [-0.05, 0) is 0 Å². The second kappa shape index (κ2) is 2.96. The van der Waals surface area contributed by atoms with Crippen LogP contribution in [0.15, 0.2) is 12.3 Å². The van der Waals surface area contributed by atoms with Crippen molar-refractivity contribution < 1.29 is 15.9 Å². The second-order valence-electron chi connectivity index (χ2n) is 0.279. The third-order valence-corrected chi connectivity index (χ3v) is 0.298. The van der Waals surface area contributed by atoms with Gasteiger partial charge in [0, 0.05) is 0 Å². The maximum atomic E-state index is 3.21. The van der Waals surface area contributed by atoms with Crippen molar-refractivity contribution in [3.63, 3.8) is 0 Å². The molecule has 0 amide bonds.